The summed E-state index contributed by atoms with van der Waals surface area (Å²) < 4.78 is 7.45. The van der Waals surface area contributed by atoms with E-state index in [9.17, 15) is 5.11 Å². The molecule has 0 fully saturated rings. The topological polar surface area (TPSA) is 47.3 Å². The minimum Gasteiger partial charge on any atom is -0.494 e. The highest BCUT2D eigenvalue weighted by Gasteiger charge is 2.24. The monoisotopic (exact) mass is 488 g/mol. The molecule has 3 aromatic carbocycles. The number of thiophene rings is 1. The van der Waals surface area contributed by atoms with Gasteiger partial charge in [0, 0.05) is 4.88 Å². The third kappa shape index (κ3) is 4.34. The summed E-state index contributed by atoms with van der Waals surface area (Å²) in [7, 11) is 0. The Hall–Kier alpha value is -3.12. The van der Waals surface area contributed by atoms with E-state index in [1.807, 2.05) is 48.0 Å². The second-order valence-corrected chi connectivity index (χ2v) is 10.1. The number of para-hydroxylation sites is 1. The predicted octanol–water partition coefficient (Wildman–Crippen LogP) is 7.70. The highest BCUT2D eigenvalue weighted by atomic mass is 35.5. The summed E-state index contributed by atoms with van der Waals surface area (Å²) in [4.78, 5) is 2.20. The zero-order valence-electron chi connectivity index (χ0n) is 19.2. The normalized spacial score (nSPS) is 11.8. The number of fused-ring (bicyclic) bond motifs is 1. The fourth-order valence-electron chi connectivity index (χ4n) is 3.93. The van der Waals surface area contributed by atoms with Crippen molar-refractivity contribution >= 4 is 33.7 Å². The van der Waals surface area contributed by atoms with Gasteiger partial charge in [-0.2, -0.15) is 5.10 Å². The lowest BCUT2D eigenvalue weighted by Crippen LogP contribution is -2.16. The van der Waals surface area contributed by atoms with Crippen LogP contribution in [0.2, 0.25) is 5.02 Å². The molecule has 0 amide bonds. The van der Waals surface area contributed by atoms with E-state index in [0.717, 1.165) is 37.8 Å². The van der Waals surface area contributed by atoms with Crippen LogP contribution in [0, 0.1) is 0 Å². The van der Waals surface area contributed by atoms with Crippen molar-refractivity contribution in [3.8, 4) is 32.4 Å². The molecule has 0 bridgehead atoms. The van der Waals surface area contributed by atoms with Gasteiger partial charge in [0.1, 0.15) is 11.4 Å². The highest BCUT2D eigenvalue weighted by molar-refractivity contribution is 7.18. The number of aliphatic hydroxyl groups is 1. The Labute approximate surface area is 208 Å². The molecule has 1 N–H and O–H groups in total. The van der Waals surface area contributed by atoms with E-state index in [4.69, 9.17) is 21.4 Å². The Balaban J connectivity index is 1.57. The molecule has 0 saturated carbocycles. The Morgan fingerprint density at radius 2 is 1.68 bits per heavy atom. The molecule has 172 valence electrons. The van der Waals surface area contributed by atoms with Crippen LogP contribution in [0.4, 0.5) is 0 Å². The van der Waals surface area contributed by atoms with Gasteiger partial charge in [-0.1, -0.05) is 41.9 Å². The van der Waals surface area contributed by atoms with E-state index in [0.29, 0.717) is 17.3 Å². The summed E-state index contributed by atoms with van der Waals surface area (Å²) in [5.41, 5.74) is 2.34. The van der Waals surface area contributed by atoms with Gasteiger partial charge in [0.2, 0.25) is 0 Å². The molecule has 0 radical (unpaired) electrons. The summed E-state index contributed by atoms with van der Waals surface area (Å²) in [6.45, 7) is 6.12. The van der Waals surface area contributed by atoms with Gasteiger partial charge in [0.25, 0.3) is 0 Å². The van der Waals surface area contributed by atoms with Gasteiger partial charge in [-0.3, -0.25) is 0 Å². The molecule has 0 aliphatic rings. The van der Waals surface area contributed by atoms with Crippen molar-refractivity contribution in [1.82, 2.24) is 9.78 Å². The minimum atomic E-state index is -1.07. The Morgan fingerprint density at radius 1 is 0.941 bits per heavy atom. The van der Waals surface area contributed by atoms with Crippen molar-refractivity contribution in [2.24, 2.45) is 0 Å². The molecule has 0 aliphatic carbocycles. The van der Waals surface area contributed by atoms with Crippen LogP contribution in [-0.2, 0) is 5.60 Å². The number of benzene rings is 3. The van der Waals surface area contributed by atoms with Gasteiger partial charge < -0.3 is 9.84 Å². The van der Waals surface area contributed by atoms with Gasteiger partial charge in [-0.15, -0.1) is 11.3 Å². The molecular formula is C28H25ClN2O2S. The summed E-state index contributed by atoms with van der Waals surface area (Å²) in [6.07, 6.45) is 0. The molecule has 5 aromatic rings. The first-order valence-electron chi connectivity index (χ1n) is 11.2. The smallest absolute Gasteiger partial charge is 0.119 e. The molecule has 0 spiro atoms. The zero-order valence-corrected chi connectivity index (χ0v) is 20.8. The largest absolute Gasteiger partial charge is 0.494 e. The Kier molecular flexibility index (Phi) is 5.94. The molecule has 0 saturated heterocycles. The van der Waals surface area contributed by atoms with Crippen LogP contribution in [0.3, 0.4) is 0 Å². The average Bonchev–Trinajstić information content (AvgIpc) is 3.47. The molecular weight excluding hydrogens is 464 g/mol. The minimum absolute atomic E-state index is 0.591. The summed E-state index contributed by atoms with van der Waals surface area (Å²) >= 11 is 8.19. The van der Waals surface area contributed by atoms with Crippen LogP contribution >= 0.6 is 22.9 Å². The molecule has 4 nitrogen and oxygen atoms in total. The molecule has 34 heavy (non-hydrogen) atoms. The lowest BCUT2D eigenvalue weighted by molar-refractivity contribution is 0.0734. The molecule has 0 atom stereocenters. The van der Waals surface area contributed by atoms with Crippen LogP contribution in [-0.4, -0.2) is 21.5 Å². The molecule has 6 heteroatoms. The van der Waals surface area contributed by atoms with Crippen LogP contribution in [0.25, 0.3) is 37.5 Å². The molecule has 2 heterocycles. The molecule has 2 aromatic heterocycles. The summed E-state index contributed by atoms with van der Waals surface area (Å²) in [6, 6.07) is 26.4. The fourth-order valence-corrected chi connectivity index (χ4v) is 5.15. The molecule has 0 aliphatic heterocycles. The third-order valence-corrected chi connectivity index (χ3v) is 7.16. The number of rotatable bonds is 6. The lowest BCUT2D eigenvalue weighted by Gasteiger charge is -2.13. The maximum atomic E-state index is 10.6. The second kappa shape index (κ2) is 8.91. The van der Waals surface area contributed by atoms with Crippen molar-refractivity contribution in [3.05, 3.63) is 89.6 Å². The number of halogens is 1. The van der Waals surface area contributed by atoms with E-state index in [1.165, 1.54) is 5.39 Å². The third-order valence-electron chi connectivity index (χ3n) is 5.68. The van der Waals surface area contributed by atoms with Crippen molar-refractivity contribution in [3.63, 3.8) is 0 Å². The Morgan fingerprint density at radius 3 is 2.44 bits per heavy atom. The van der Waals surface area contributed by atoms with E-state index in [-0.39, 0.29) is 0 Å². The van der Waals surface area contributed by atoms with Crippen LogP contribution in [0.15, 0.2) is 78.9 Å². The van der Waals surface area contributed by atoms with Gasteiger partial charge in [-0.25, -0.2) is 4.68 Å². The van der Waals surface area contributed by atoms with E-state index in [1.54, 1.807) is 25.2 Å². The number of ether oxygens (including phenoxy) is 1. The number of nitrogens with zero attached hydrogens (tertiary/aromatic N) is 2. The summed E-state index contributed by atoms with van der Waals surface area (Å²) in [5.74, 6) is 0.886. The molecule has 5 rings (SSSR count). The number of hydrogen-bond acceptors (Lipinski definition) is 4. The predicted molar refractivity (Wildman–Crippen MR) is 141 cm³/mol. The van der Waals surface area contributed by atoms with Gasteiger partial charge in [-0.05, 0) is 85.6 Å². The van der Waals surface area contributed by atoms with Gasteiger partial charge in [0.15, 0.2) is 0 Å². The van der Waals surface area contributed by atoms with E-state index >= 15 is 0 Å². The standard InChI is InChI=1S/C28H25ClN2O2S/c1-4-33-21-12-11-18-15-20(10-9-19(18)16-21)25-13-14-26(34-25)24-17-27(28(2,3)32)30-31(24)23-8-6-5-7-22(23)29/h5-17,32H,4H2,1-3H3. The average molecular weight is 489 g/mol. The quantitative estimate of drug-likeness (QED) is 0.266. The van der Waals surface area contributed by atoms with Crippen LogP contribution in [0.5, 0.6) is 5.75 Å². The first-order valence-corrected chi connectivity index (χ1v) is 12.4. The molecule has 0 unspecified atom stereocenters. The lowest BCUT2D eigenvalue weighted by atomic mass is 10.1. The van der Waals surface area contributed by atoms with Crippen molar-refractivity contribution < 1.29 is 9.84 Å². The maximum absolute atomic E-state index is 10.6. The first-order chi connectivity index (χ1) is 16.3. The van der Waals surface area contributed by atoms with Crippen molar-refractivity contribution in [2.45, 2.75) is 26.4 Å². The van der Waals surface area contributed by atoms with Crippen LogP contribution in [0.1, 0.15) is 26.5 Å². The van der Waals surface area contributed by atoms with Crippen LogP contribution < -0.4 is 4.74 Å². The van der Waals surface area contributed by atoms with Crippen molar-refractivity contribution in [2.75, 3.05) is 6.61 Å². The second-order valence-electron chi connectivity index (χ2n) is 8.66. The van der Waals surface area contributed by atoms with Crippen molar-refractivity contribution in [1.29, 1.82) is 0 Å². The van der Waals surface area contributed by atoms with E-state index < -0.39 is 5.60 Å². The number of aromatic nitrogens is 2. The zero-order chi connectivity index (χ0) is 23.9. The SMILES string of the molecule is CCOc1ccc2cc(-c3ccc(-c4cc(C(C)(C)O)nn4-c4ccccc4Cl)s3)ccc2c1. The van der Waals surface area contributed by atoms with E-state index in [2.05, 4.69) is 42.5 Å². The first kappa shape index (κ1) is 22.7. The fraction of sp³-hybridized carbons (Fsp3) is 0.179. The maximum Gasteiger partial charge on any atom is 0.119 e. The van der Waals surface area contributed by atoms with Gasteiger partial charge >= 0.3 is 0 Å². The summed E-state index contributed by atoms with van der Waals surface area (Å²) in [5, 5.41) is 18.2. The van der Waals surface area contributed by atoms with Gasteiger partial charge in [0.05, 0.1) is 33.6 Å². The Bertz CT molecular complexity index is 1480. The number of hydrogen-bond donors (Lipinski definition) is 1. The highest BCUT2D eigenvalue weighted by Crippen LogP contribution is 2.38.